The summed E-state index contributed by atoms with van der Waals surface area (Å²) in [5.74, 6) is 0. The van der Waals surface area contributed by atoms with Crippen LogP contribution in [0.3, 0.4) is 0 Å². The van der Waals surface area contributed by atoms with E-state index >= 15 is 0 Å². The van der Waals surface area contributed by atoms with Gasteiger partial charge in [-0.2, -0.15) is 0 Å². The van der Waals surface area contributed by atoms with Gasteiger partial charge in [-0.05, 0) is 114 Å². The van der Waals surface area contributed by atoms with Crippen molar-refractivity contribution in [2.45, 2.75) is 24.7 Å². The van der Waals surface area contributed by atoms with E-state index in [1.54, 1.807) is 0 Å². The van der Waals surface area contributed by atoms with Gasteiger partial charge in [0.15, 0.2) is 5.58 Å². The Morgan fingerprint density at radius 2 is 0.983 bits per heavy atom. The Kier molecular flexibility index (Phi) is 6.20. The second kappa shape index (κ2) is 11.2. The minimum Gasteiger partial charge on any atom is -0.454 e. The molecule has 272 valence electrons. The molecule has 0 bridgehead atoms. The van der Waals surface area contributed by atoms with Crippen molar-refractivity contribution in [3.63, 3.8) is 0 Å². The number of hydrogen-bond acceptors (Lipinski definition) is 2. The lowest BCUT2D eigenvalue weighted by molar-refractivity contribution is 0.660. The summed E-state index contributed by atoms with van der Waals surface area (Å²) in [5, 5.41) is 4.76. The maximum atomic E-state index is 6.87. The van der Waals surface area contributed by atoms with Gasteiger partial charge in [-0.15, -0.1) is 0 Å². The van der Waals surface area contributed by atoms with E-state index < -0.39 is 5.41 Å². The zero-order chi connectivity index (χ0) is 38.3. The minimum atomic E-state index is -0.490. The number of anilines is 3. The van der Waals surface area contributed by atoms with Crippen LogP contribution in [0.4, 0.5) is 17.1 Å². The highest BCUT2D eigenvalue weighted by atomic mass is 16.3. The summed E-state index contributed by atoms with van der Waals surface area (Å²) < 4.78 is 6.87. The first-order chi connectivity index (χ1) is 28.5. The number of nitrogens with zero attached hydrogens (tertiary/aromatic N) is 1. The molecule has 2 heteroatoms. The molecule has 58 heavy (non-hydrogen) atoms. The van der Waals surface area contributed by atoms with Crippen LogP contribution in [0.25, 0.3) is 66.1 Å². The molecular formula is C56H37NO. The van der Waals surface area contributed by atoms with Gasteiger partial charge in [-0.3, -0.25) is 0 Å². The van der Waals surface area contributed by atoms with E-state index in [0.717, 1.165) is 39.0 Å². The highest BCUT2D eigenvalue weighted by Crippen LogP contribution is 2.65. The maximum absolute atomic E-state index is 6.87. The summed E-state index contributed by atoms with van der Waals surface area (Å²) in [6, 6.07) is 70.0. The Bertz CT molecular complexity index is 3400. The van der Waals surface area contributed by atoms with Crippen molar-refractivity contribution < 1.29 is 4.42 Å². The summed E-state index contributed by atoms with van der Waals surface area (Å²) in [5.41, 5.74) is 20.2. The fraction of sp³-hybridized carbons (Fsp3) is 0.0714. The van der Waals surface area contributed by atoms with Crippen molar-refractivity contribution in [3.05, 3.63) is 221 Å². The number of para-hydroxylation sites is 2. The Morgan fingerprint density at radius 1 is 0.397 bits per heavy atom. The highest BCUT2D eigenvalue weighted by Gasteiger charge is 2.52. The Morgan fingerprint density at radius 3 is 1.81 bits per heavy atom. The lowest BCUT2D eigenvalue weighted by Crippen LogP contribution is -2.26. The average molecular weight is 740 g/mol. The molecule has 1 aromatic heterocycles. The second-order valence-corrected chi connectivity index (χ2v) is 16.8. The van der Waals surface area contributed by atoms with Crippen LogP contribution in [0.15, 0.2) is 192 Å². The van der Waals surface area contributed by atoms with Gasteiger partial charge in [0, 0.05) is 27.4 Å². The van der Waals surface area contributed by atoms with Gasteiger partial charge in [0.05, 0.1) is 16.8 Å². The van der Waals surface area contributed by atoms with Crippen LogP contribution in [-0.4, -0.2) is 0 Å². The van der Waals surface area contributed by atoms with Crippen molar-refractivity contribution in [3.8, 4) is 33.4 Å². The van der Waals surface area contributed by atoms with E-state index in [2.05, 4.69) is 207 Å². The van der Waals surface area contributed by atoms with Crippen molar-refractivity contribution in [2.75, 3.05) is 4.90 Å². The molecular weight excluding hydrogens is 703 g/mol. The topological polar surface area (TPSA) is 16.4 Å². The molecule has 1 unspecified atom stereocenters. The fourth-order valence-corrected chi connectivity index (χ4v) is 11.2. The van der Waals surface area contributed by atoms with E-state index in [1.165, 1.54) is 77.5 Å². The largest absolute Gasteiger partial charge is 0.454 e. The predicted molar refractivity (Wildman–Crippen MR) is 240 cm³/mol. The molecule has 0 radical (unpaired) electrons. The number of fused-ring (bicyclic) bond motifs is 17. The molecule has 0 saturated heterocycles. The van der Waals surface area contributed by atoms with Gasteiger partial charge in [0.2, 0.25) is 0 Å². The lowest BCUT2D eigenvalue weighted by atomic mass is 9.70. The van der Waals surface area contributed by atoms with Crippen LogP contribution in [0.2, 0.25) is 0 Å². The number of benzene rings is 9. The molecule has 2 nitrogen and oxygen atoms in total. The second-order valence-electron chi connectivity index (χ2n) is 16.8. The summed E-state index contributed by atoms with van der Waals surface area (Å²) in [7, 11) is 0. The molecule has 0 fully saturated rings. The quantitative estimate of drug-likeness (QED) is 0.179. The Labute approximate surface area is 337 Å². The van der Waals surface area contributed by atoms with Crippen LogP contribution in [0, 0.1) is 0 Å². The van der Waals surface area contributed by atoms with Crippen molar-refractivity contribution in [1.82, 2.24) is 0 Å². The maximum Gasteiger partial charge on any atom is 0.159 e. The fourth-order valence-electron chi connectivity index (χ4n) is 11.2. The Hall–Kier alpha value is -7.16. The van der Waals surface area contributed by atoms with Gasteiger partial charge in [0.25, 0.3) is 0 Å². The average Bonchev–Trinajstić information content (AvgIpc) is 3.96. The van der Waals surface area contributed by atoms with Crippen molar-refractivity contribution >= 4 is 49.8 Å². The molecule has 3 aliphatic rings. The van der Waals surface area contributed by atoms with E-state index in [9.17, 15) is 0 Å². The zero-order valence-corrected chi connectivity index (χ0v) is 32.3. The first kappa shape index (κ1) is 32.0. The van der Waals surface area contributed by atoms with Gasteiger partial charge in [0.1, 0.15) is 5.58 Å². The number of furan rings is 1. The smallest absolute Gasteiger partial charge is 0.159 e. The summed E-state index contributed by atoms with van der Waals surface area (Å²) in [6.45, 7) is 4.73. The van der Waals surface area contributed by atoms with Crippen molar-refractivity contribution in [2.24, 2.45) is 0 Å². The molecule has 3 aliphatic carbocycles. The lowest BCUT2D eigenvalue weighted by Gasteiger charge is -2.32. The molecule has 1 spiro atoms. The van der Waals surface area contributed by atoms with Gasteiger partial charge >= 0.3 is 0 Å². The third kappa shape index (κ3) is 3.92. The zero-order valence-electron chi connectivity index (χ0n) is 32.3. The van der Waals surface area contributed by atoms with Crippen LogP contribution >= 0.6 is 0 Å². The SMILES string of the molecule is CC1(C)c2ccccc2-c2ccc(N(c3cccc4c3-c3ccccc3C43c4ccccc4-c4cc5ccccc5cc43)c3cccc4c3oc3ccccc34)cc21. The van der Waals surface area contributed by atoms with Crippen LogP contribution in [0.5, 0.6) is 0 Å². The number of rotatable bonds is 3. The third-order valence-corrected chi connectivity index (χ3v) is 13.6. The molecule has 0 saturated carbocycles. The molecule has 0 N–H and O–H groups in total. The summed E-state index contributed by atoms with van der Waals surface area (Å²) >= 11 is 0. The minimum absolute atomic E-state index is 0.158. The van der Waals surface area contributed by atoms with Gasteiger partial charge in [-0.25, -0.2) is 0 Å². The first-order valence-electron chi connectivity index (χ1n) is 20.3. The molecule has 13 rings (SSSR count). The first-order valence-corrected chi connectivity index (χ1v) is 20.3. The molecule has 0 aliphatic heterocycles. The standard InChI is InChI=1S/C56H37NO/c1-55(2)44-22-9-5-17-37(44)39-30-29-36(33-48(39)55)57(51-27-13-21-41-40-19-8-12-28-52(40)58-54(41)51)50-26-14-25-47-53(50)42-20-7-11-24-46(42)56(47)45-23-10-6-18-38(45)43-31-34-15-3-4-16-35(34)32-49(43)56/h3-33H,1-2H3. The normalized spacial score (nSPS) is 16.3. The van der Waals surface area contributed by atoms with Crippen molar-refractivity contribution in [1.29, 1.82) is 0 Å². The molecule has 1 atom stereocenters. The predicted octanol–water partition coefficient (Wildman–Crippen LogP) is 14.9. The van der Waals surface area contributed by atoms with E-state index in [4.69, 9.17) is 4.42 Å². The monoisotopic (exact) mass is 739 g/mol. The number of hydrogen-bond donors (Lipinski definition) is 0. The van der Waals surface area contributed by atoms with E-state index in [-0.39, 0.29) is 5.41 Å². The van der Waals surface area contributed by atoms with E-state index in [0.29, 0.717) is 0 Å². The third-order valence-electron chi connectivity index (χ3n) is 13.6. The molecule has 10 aromatic rings. The van der Waals surface area contributed by atoms with Crippen LogP contribution in [-0.2, 0) is 10.8 Å². The van der Waals surface area contributed by atoms with Gasteiger partial charge in [-0.1, -0.05) is 159 Å². The Balaban J connectivity index is 1.14. The molecule has 1 heterocycles. The highest BCUT2D eigenvalue weighted by molar-refractivity contribution is 6.12. The van der Waals surface area contributed by atoms with Crippen LogP contribution in [0.1, 0.15) is 47.2 Å². The van der Waals surface area contributed by atoms with Gasteiger partial charge < -0.3 is 9.32 Å². The van der Waals surface area contributed by atoms with E-state index in [1.807, 2.05) is 0 Å². The summed E-state index contributed by atoms with van der Waals surface area (Å²) in [4.78, 5) is 2.49. The van der Waals surface area contributed by atoms with Crippen LogP contribution < -0.4 is 4.90 Å². The summed E-state index contributed by atoms with van der Waals surface area (Å²) in [6.07, 6.45) is 0. The molecule has 0 amide bonds. The molecule has 9 aromatic carbocycles.